The van der Waals surface area contributed by atoms with Crippen molar-refractivity contribution in [3.8, 4) is 5.75 Å². The van der Waals surface area contributed by atoms with E-state index in [0.717, 1.165) is 11.1 Å². The number of halogens is 1. The number of nitrogens with zero attached hydrogens (tertiary/aromatic N) is 1. The molecule has 0 bridgehead atoms. The van der Waals surface area contributed by atoms with Gasteiger partial charge in [-0.2, -0.15) is 0 Å². The van der Waals surface area contributed by atoms with Gasteiger partial charge in [0.15, 0.2) is 5.75 Å². The van der Waals surface area contributed by atoms with Crippen LogP contribution in [0.2, 0.25) is 0 Å². The molecule has 1 aromatic heterocycles. The largest absolute Gasteiger partial charge is 0.491 e. The fraction of sp³-hybridized carbons (Fsp3) is 0.273. The van der Waals surface area contributed by atoms with Gasteiger partial charge in [0, 0.05) is 22.7 Å². The van der Waals surface area contributed by atoms with E-state index in [4.69, 9.17) is 20.2 Å². The van der Waals surface area contributed by atoms with Gasteiger partial charge < -0.3 is 10.5 Å². The number of amides is 1. The van der Waals surface area contributed by atoms with Gasteiger partial charge in [0.05, 0.1) is 13.2 Å². The van der Waals surface area contributed by atoms with E-state index < -0.39 is 5.91 Å². The van der Waals surface area contributed by atoms with E-state index in [2.05, 4.69) is 4.98 Å². The summed E-state index contributed by atoms with van der Waals surface area (Å²) in [4.78, 5) is 26.8. The number of hydrogen-bond acceptors (Lipinski definition) is 5. The van der Waals surface area contributed by atoms with Crippen LogP contribution in [-0.4, -0.2) is 24.1 Å². The van der Waals surface area contributed by atoms with Crippen LogP contribution in [0.25, 0.3) is 10.9 Å². The van der Waals surface area contributed by atoms with Crippen molar-refractivity contribution < 1.29 is 23.7 Å². The Balaban J connectivity index is 2.07. The van der Waals surface area contributed by atoms with E-state index in [9.17, 15) is 9.18 Å². The van der Waals surface area contributed by atoms with Gasteiger partial charge in [0.2, 0.25) is 5.91 Å². The van der Waals surface area contributed by atoms with Crippen molar-refractivity contribution in [3.05, 3.63) is 70.7 Å². The van der Waals surface area contributed by atoms with E-state index in [1.54, 1.807) is 24.4 Å². The molecule has 152 valence electrons. The Morgan fingerprint density at radius 2 is 1.83 bits per heavy atom. The van der Waals surface area contributed by atoms with Crippen LogP contribution in [0.15, 0.2) is 42.6 Å². The lowest BCUT2D eigenvalue weighted by molar-refractivity contribution is -0.300. The summed E-state index contributed by atoms with van der Waals surface area (Å²) in [5.74, 6) is -0.332. The van der Waals surface area contributed by atoms with Crippen LogP contribution in [0.3, 0.4) is 0 Å². The summed E-state index contributed by atoms with van der Waals surface area (Å²) in [5.41, 5.74) is 8.90. The zero-order valence-electron chi connectivity index (χ0n) is 16.4. The predicted molar refractivity (Wildman–Crippen MR) is 107 cm³/mol. The molecule has 1 amide bonds. The molecule has 3 aromatic rings. The Kier molecular flexibility index (Phi) is 6.74. The zero-order valence-corrected chi connectivity index (χ0v) is 16.4. The van der Waals surface area contributed by atoms with Crippen LogP contribution in [-0.2, 0) is 22.8 Å². The summed E-state index contributed by atoms with van der Waals surface area (Å²) in [6.45, 7) is 4.59. The lowest BCUT2D eigenvalue weighted by atomic mass is 9.99. The normalized spacial score (nSPS) is 11.0. The smallest absolute Gasteiger partial charge is 0.249 e. The number of fused-ring (bicyclic) bond motifs is 1. The molecule has 0 unspecified atom stereocenters. The molecule has 7 heteroatoms. The van der Waals surface area contributed by atoms with Crippen molar-refractivity contribution in [2.24, 2.45) is 5.73 Å². The molecule has 0 aliphatic carbocycles. The molecule has 0 saturated heterocycles. The average molecular weight is 398 g/mol. The maximum absolute atomic E-state index is 13.1. The number of nitrogens with two attached hydrogens (primary N) is 1. The van der Waals surface area contributed by atoms with E-state index >= 15 is 0 Å². The van der Waals surface area contributed by atoms with Crippen LogP contribution in [0.4, 0.5) is 4.39 Å². The highest BCUT2D eigenvalue weighted by Crippen LogP contribution is 2.33. The monoisotopic (exact) mass is 398 g/mol. The maximum atomic E-state index is 13.1. The molecule has 0 spiro atoms. The summed E-state index contributed by atoms with van der Waals surface area (Å²) in [6.07, 6.45) is 2.26. The van der Waals surface area contributed by atoms with Crippen LogP contribution in [0.5, 0.6) is 5.75 Å². The number of carbonyl (C=O) groups is 1. The molecule has 0 atom stereocenters. The summed E-state index contributed by atoms with van der Waals surface area (Å²) in [7, 11) is 0. The van der Waals surface area contributed by atoms with E-state index in [1.807, 2.05) is 19.9 Å². The number of primary amides is 1. The lowest BCUT2D eigenvalue weighted by Gasteiger charge is -2.16. The molecule has 3 rings (SSSR count). The second kappa shape index (κ2) is 9.45. The molecule has 6 nitrogen and oxygen atoms in total. The first-order valence-corrected chi connectivity index (χ1v) is 9.39. The third-order valence-corrected chi connectivity index (χ3v) is 4.35. The van der Waals surface area contributed by atoms with Crippen LogP contribution in [0, 0.1) is 5.82 Å². The first kappa shape index (κ1) is 20.7. The van der Waals surface area contributed by atoms with Crippen molar-refractivity contribution in [3.63, 3.8) is 0 Å². The van der Waals surface area contributed by atoms with Gasteiger partial charge in [0.25, 0.3) is 0 Å². The third-order valence-electron chi connectivity index (χ3n) is 4.35. The molecular weight excluding hydrogens is 375 g/mol. The van der Waals surface area contributed by atoms with E-state index in [-0.39, 0.29) is 12.4 Å². The zero-order chi connectivity index (χ0) is 20.8. The highest BCUT2D eigenvalue weighted by molar-refractivity contribution is 6.07. The van der Waals surface area contributed by atoms with Gasteiger partial charge in [-0.3, -0.25) is 9.78 Å². The van der Waals surface area contributed by atoms with Crippen LogP contribution in [0.1, 0.15) is 40.9 Å². The molecule has 0 saturated carbocycles. The molecule has 0 aliphatic rings. The second-order valence-electron chi connectivity index (χ2n) is 6.42. The summed E-state index contributed by atoms with van der Waals surface area (Å²) >= 11 is 0. The van der Waals surface area contributed by atoms with Crippen molar-refractivity contribution in [2.45, 2.75) is 26.9 Å². The molecular formula is C22H23FN2O4. The fourth-order valence-corrected chi connectivity index (χ4v) is 3.10. The van der Waals surface area contributed by atoms with Gasteiger partial charge in [-0.15, -0.1) is 0 Å². The Morgan fingerprint density at radius 1 is 1.07 bits per heavy atom. The minimum absolute atomic E-state index is 0.0956. The minimum Gasteiger partial charge on any atom is -0.491 e. The number of carbonyl (C=O) groups excluding carboxylic acids is 1. The topological polar surface area (TPSA) is 83.7 Å². The summed E-state index contributed by atoms with van der Waals surface area (Å²) in [6, 6.07) is 9.77. The summed E-state index contributed by atoms with van der Waals surface area (Å²) in [5, 5.41) is 0.598. The highest BCUT2D eigenvalue weighted by Gasteiger charge is 2.18. The van der Waals surface area contributed by atoms with Crippen LogP contribution >= 0.6 is 0 Å². The van der Waals surface area contributed by atoms with Gasteiger partial charge in [0.1, 0.15) is 17.9 Å². The number of pyridine rings is 1. The molecule has 2 aromatic carbocycles. The van der Waals surface area contributed by atoms with Crippen molar-refractivity contribution >= 4 is 16.8 Å². The molecule has 0 radical (unpaired) electrons. The number of aromatic nitrogens is 1. The van der Waals surface area contributed by atoms with Crippen molar-refractivity contribution in [2.75, 3.05) is 13.2 Å². The first-order chi connectivity index (χ1) is 14.0. The maximum Gasteiger partial charge on any atom is 0.249 e. The molecule has 29 heavy (non-hydrogen) atoms. The second-order valence-corrected chi connectivity index (χ2v) is 6.42. The van der Waals surface area contributed by atoms with Gasteiger partial charge in [-0.25, -0.2) is 14.2 Å². The average Bonchev–Trinajstić information content (AvgIpc) is 2.71. The number of hydrogen-bond donors (Lipinski definition) is 1. The Hall–Kier alpha value is -3.03. The number of rotatable bonds is 9. The molecule has 2 N–H and O–H groups in total. The quantitative estimate of drug-likeness (QED) is 0.335. The number of benzene rings is 2. The van der Waals surface area contributed by atoms with Gasteiger partial charge >= 0.3 is 0 Å². The standard InChI is InChI=1S/C22H23FN2O4/c1-3-27-21-16(13-29-28-4-2)11-19(22(24)26)18-10-15(12-25-20(18)21)9-14-5-7-17(23)8-6-14/h5-8,10-12H,3-4,9,13H2,1-2H3,(H2,24,26). The SMILES string of the molecule is CCOOCc1cc(C(N)=O)c2cc(Cc3ccc(F)cc3)cnc2c1OCC. The fourth-order valence-electron chi connectivity index (χ4n) is 3.10. The van der Waals surface area contributed by atoms with Gasteiger partial charge in [-0.1, -0.05) is 12.1 Å². The highest BCUT2D eigenvalue weighted by atomic mass is 19.1. The number of ether oxygens (including phenoxy) is 1. The Bertz CT molecular complexity index is 1010. The Labute approximate surface area is 168 Å². The van der Waals surface area contributed by atoms with E-state index in [1.165, 1.54) is 12.1 Å². The lowest BCUT2D eigenvalue weighted by Crippen LogP contribution is -2.14. The van der Waals surface area contributed by atoms with Crippen LogP contribution < -0.4 is 10.5 Å². The minimum atomic E-state index is -0.573. The van der Waals surface area contributed by atoms with E-state index in [0.29, 0.717) is 47.4 Å². The first-order valence-electron chi connectivity index (χ1n) is 9.39. The van der Waals surface area contributed by atoms with Crippen molar-refractivity contribution in [1.29, 1.82) is 0 Å². The molecule has 0 fully saturated rings. The predicted octanol–water partition coefficient (Wildman–Crippen LogP) is 3.93. The third kappa shape index (κ3) is 4.88. The molecule has 1 heterocycles. The molecule has 0 aliphatic heterocycles. The Morgan fingerprint density at radius 3 is 2.48 bits per heavy atom. The van der Waals surface area contributed by atoms with Gasteiger partial charge in [-0.05, 0) is 55.7 Å². The summed E-state index contributed by atoms with van der Waals surface area (Å²) < 4.78 is 18.9. The van der Waals surface area contributed by atoms with Crippen molar-refractivity contribution in [1.82, 2.24) is 4.98 Å².